The molecule has 1 N–H and O–H groups in total. The Hall–Kier alpha value is -3.17. The van der Waals surface area contributed by atoms with E-state index in [0.29, 0.717) is 22.7 Å². The molecule has 0 atom stereocenters. The highest BCUT2D eigenvalue weighted by atomic mass is 127. The summed E-state index contributed by atoms with van der Waals surface area (Å²) in [6, 6.07) is 28.8. The smallest absolute Gasteiger partial charge is 0.255 e. The molecule has 0 fully saturated rings. The van der Waals surface area contributed by atoms with Crippen LogP contribution in [-0.4, -0.2) is 14.3 Å². The lowest BCUT2D eigenvalue weighted by Crippen LogP contribution is -2.12. The molecule has 32 heavy (non-hydrogen) atoms. The van der Waals surface area contributed by atoms with E-state index >= 15 is 0 Å². The normalized spacial score (nSPS) is 11.0. The standard InChI is InChI=1S/C25H18INO4S/c26-19-8-10-20(11-9-19)27-25(28)18-6-14-23(15-7-18)32(29,30)24-16-12-22(13-17-24)31-21-4-2-1-3-5-21/h1-17H,(H,27,28). The number of nitrogens with one attached hydrogen (secondary N) is 1. The third-order valence-electron chi connectivity index (χ3n) is 4.64. The zero-order valence-electron chi connectivity index (χ0n) is 16.7. The molecule has 0 bridgehead atoms. The second-order valence-electron chi connectivity index (χ2n) is 6.88. The average molecular weight is 555 g/mol. The largest absolute Gasteiger partial charge is 0.457 e. The summed E-state index contributed by atoms with van der Waals surface area (Å²) in [5.41, 5.74) is 1.04. The lowest BCUT2D eigenvalue weighted by molar-refractivity contribution is 0.102. The molecule has 7 heteroatoms. The van der Waals surface area contributed by atoms with E-state index in [9.17, 15) is 13.2 Å². The molecule has 0 heterocycles. The van der Waals surface area contributed by atoms with Crippen LogP contribution in [0.15, 0.2) is 113 Å². The van der Waals surface area contributed by atoms with Crippen molar-refractivity contribution in [3.63, 3.8) is 0 Å². The second-order valence-corrected chi connectivity index (χ2v) is 10.1. The molecule has 0 aliphatic heterocycles. The number of amides is 1. The Kier molecular flexibility index (Phi) is 6.57. The summed E-state index contributed by atoms with van der Waals surface area (Å²) in [6.07, 6.45) is 0. The van der Waals surface area contributed by atoms with Crippen LogP contribution in [0.5, 0.6) is 11.5 Å². The first-order valence-electron chi connectivity index (χ1n) is 9.67. The van der Waals surface area contributed by atoms with Gasteiger partial charge in [0, 0.05) is 14.8 Å². The second kappa shape index (κ2) is 9.54. The number of halogens is 1. The van der Waals surface area contributed by atoms with E-state index in [0.717, 1.165) is 3.57 Å². The SMILES string of the molecule is O=C(Nc1ccc(I)cc1)c1ccc(S(=O)(=O)c2ccc(Oc3ccccc3)cc2)cc1. The average Bonchev–Trinajstić information content (AvgIpc) is 2.82. The lowest BCUT2D eigenvalue weighted by atomic mass is 10.2. The highest BCUT2D eigenvalue weighted by molar-refractivity contribution is 14.1. The van der Waals surface area contributed by atoms with Gasteiger partial charge in [0.1, 0.15) is 11.5 Å². The van der Waals surface area contributed by atoms with Crippen LogP contribution in [-0.2, 0) is 9.84 Å². The maximum absolute atomic E-state index is 13.0. The van der Waals surface area contributed by atoms with Gasteiger partial charge in [-0.3, -0.25) is 4.79 Å². The predicted octanol–water partition coefficient (Wildman–Crippen LogP) is 6.17. The number of carbonyl (C=O) groups excluding carboxylic acids is 1. The van der Waals surface area contributed by atoms with Crippen molar-refractivity contribution in [1.82, 2.24) is 0 Å². The van der Waals surface area contributed by atoms with Gasteiger partial charge in [-0.2, -0.15) is 0 Å². The number of para-hydroxylation sites is 1. The van der Waals surface area contributed by atoms with Crippen LogP contribution in [0.3, 0.4) is 0 Å². The molecule has 4 aromatic rings. The fourth-order valence-electron chi connectivity index (χ4n) is 2.97. The molecule has 0 aromatic heterocycles. The summed E-state index contributed by atoms with van der Waals surface area (Å²) >= 11 is 2.19. The van der Waals surface area contributed by atoms with Gasteiger partial charge < -0.3 is 10.1 Å². The minimum absolute atomic E-state index is 0.111. The van der Waals surface area contributed by atoms with Gasteiger partial charge in [0.05, 0.1) is 9.79 Å². The van der Waals surface area contributed by atoms with E-state index < -0.39 is 9.84 Å². The molecule has 0 aliphatic carbocycles. The van der Waals surface area contributed by atoms with Gasteiger partial charge in [-0.25, -0.2) is 8.42 Å². The molecule has 0 aliphatic rings. The van der Waals surface area contributed by atoms with Crippen molar-refractivity contribution >= 4 is 44.0 Å². The molecule has 0 saturated carbocycles. The topological polar surface area (TPSA) is 72.5 Å². The Morgan fingerprint density at radius 2 is 1.22 bits per heavy atom. The van der Waals surface area contributed by atoms with E-state index in [-0.39, 0.29) is 15.7 Å². The number of rotatable bonds is 6. The molecule has 5 nitrogen and oxygen atoms in total. The summed E-state index contributed by atoms with van der Waals surface area (Å²) in [5, 5.41) is 2.80. The van der Waals surface area contributed by atoms with Crippen LogP contribution in [0.4, 0.5) is 5.69 Å². The number of anilines is 1. The highest BCUT2D eigenvalue weighted by Crippen LogP contribution is 2.26. The van der Waals surface area contributed by atoms with Crippen molar-refractivity contribution in [2.24, 2.45) is 0 Å². The minimum Gasteiger partial charge on any atom is -0.457 e. The minimum atomic E-state index is -3.72. The van der Waals surface area contributed by atoms with Crippen molar-refractivity contribution in [2.75, 3.05) is 5.32 Å². The van der Waals surface area contributed by atoms with E-state index in [1.165, 1.54) is 36.4 Å². The van der Waals surface area contributed by atoms with E-state index in [1.54, 1.807) is 12.1 Å². The highest BCUT2D eigenvalue weighted by Gasteiger charge is 2.18. The Bertz CT molecular complexity index is 1320. The maximum atomic E-state index is 13.0. The van der Waals surface area contributed by atoms with Crippen molar-refractivity contribution in [3.8, 4) is 11.5 Å². The molecule has 0 saturated heterocycles. The lowest BCUT2D eigenvalue weighted by Gasteiger charge is -2.09. The van der Waals surface area contributed by atoms with E-state index in [1.807, 2.05) is 54.6 Å². The Morgan fingerprint density at radius 1 is 0.688 bits per heavy atom. The van der Waals surface area contributed by atoms with Crippen molar-refractivity contribution < 1.29 is 17.9 Å². The number of benzene rings is 4. The molecule has 0 unspecified atom stereocenters. The number of ether oxygens (including phenoxy) is 1. The predicted molar refractivity (Wildman–Crippen MR) is 132 cm³/mol. The Labute approximate surface area is 200 Å². The Balaban J connectivity index is 1.47. The molecule has 1 amide bonds. The molecule has 0 spiro atoms. The molecule has 0 radical (unpaired) electrons. The van der Waals surface area contributed by atoms with Gasteiger partial charge in [0.25, 0.3) is 5.91 Å². The van der Waals surface area contributed by atoms with Gasteiger partial charge in [-0.1, -0.05) is 18.2 Å². The number of carbonyl (C=O) groups is 1. The fourth-order valence-corrected chi connectivity index (χ4v) is 4.59. The van der Waals surface area contributed by atoms with Crippen LogP contribution in [0.1, 0.15) is 10.4 Å². The summed E-state index contributed by atoms with van der Waals surface area (Å²) in [5.74, 6) is 0.901. The zero-order valence-corrected chi connectivity index (χ0v) is 19.7. The van der Waals surface area contributed by atoms with Crippen LogP contribution >= 0.6 is 22.6 Å². The third-order valence-corrected chi connectivity index (χ3v) is 7.15. The summed E-state index contributed by atoms with van der Waals surface area (Å²) < 4.78 is 32.7. The van der Waals surface area contributed by atoms with Gasteiger partial charge in [0.2, 0.25) is 9.84 Å². The molecule has 4 rings (SSSR count). The number of hydrogen-bond acceptors (Lipinski definition) is 4. The van der Waals surface area contributed by atoms with Gasteiger partial charge in [0.15, 0.2) is 0 Å². The van der Waals surface area contributed by atoms with Gasteiger partial charge in [-0.05, 0) is 108 Å². The monoisotopic (exact) mass is 555 g/mol. The van der Waals surface area contributed by atoms with Crippen LogP contribution < -0.4 is 10.1 Å². The first-order chi connectivity index (χ1) is 15.4. The van der Waals surface area contributed by atoms with E-state index in [2.05, 4.69) is 27.9 Å². The quantitative estimate of drug-likeness (QED) is 0.289. The summed E-state index contributed by atoms with van der Waals surface area (Å²) in [6.45, 7) is 0. The molecule has 160 valence electrons. The number of hydrogen-bond donors (Lipinski definition) is 1. The number of sulfone groups is 1. The van der Waals surface area contributed by atoms with Crippen LogP contribution in [0, 0.1) is 3.57 Å². The molecular weight excluding hydrogens is 537 g/mol. The first kappa shape index (κ1) is 22.0. The van der Waals surface area contributed by atoms with Gasteiger partial charge >= 0.3 is 0 Å². The molecular formula is C25H18INO4S. The van der Waals surface area contributed by atoms with Crippen molar-refractivity contribution in [2.45, 2.75) is 9.79 Å². The summed E-state index contributed by atoms with van der Waals surface area (Å²) in [4.78, 5) is 12.7. The summed E-state index contributed by atoms with van der Waals surface area (Å²) in [7, 11) is -3.72. The van der Waals surface area contributed by atoms with E-state index in [4.69, 9.17) is 4.74 Å². The molecule has 4 aromatic carbocycles. The van der Waals surface area contributed by atoms with Crippen LogP contribution in [0.25, 0.3) is 0 Å². The third kappa shape index (κ3) is 5.17. The fraction of sp³-hybridized carbons (Fsp3) is 0. The Morgan fingerprint density at radius 3 is 1.81 bits per heavy atom. The first-order valence-corrected chi connectivity index (χ1v) is 12.2. The van der Waals surface area contributed by atoms with Gasteiger partial charge in [-0.15, -0.1) is 0 Å². The van der Waals surface area contributed by atoms with Crippen LogP contribution in [0.2, 0.25) is 0 Å². The zero-order chi connectivity index (χ0) is 22.6. The maximum Gasteiger partial charge on any atom is 0.255 e. The van der Waals surface area contributed by atoms with Crippen molar-refractivity contribution in [1.29, 1.82) is 0 Å². The van der Waals surface area contributed by atoms with Crippen molar-refractivity contribution in [3.05, 3.63) is 112 Å².